The lowest BCUT2D eigenvalue weighted by molar-refractivity contribution is 0.284. The van der Waals surface area contributed by atoms with E-state index in [4.69, 9.17) is 0 Å². The molecule has 0 saturated heterocycles. The van der Waals surface area contributed by atoms with E-state index in [2.05, 4.69) is 51.6 Å². The number of likely N-dealkylation sites (N-methyl/N-ethyl adjacent to an activating group) is 1. The molecule has 17 heavy (non-hydrogen) atoms. The van der Waals surface area contributed by atoms with Crippen LogP contribution in [0.2, 0.25) is 0 Å². The van der Waals surface area contributed by atoms with Crippen molar-refractivity contribution in [3.05, 3.63) is 12.4 Å². The van der Waals surface area contributed by atoms with Gasteiger partial charge in [-0.05, 0) is 31.3 Å². The summed E-state index contributed by atoms with van der Waals surface area (Å²) in [4.78, 5) is 6.34. The first-order valence-corrected chi connectivity index (χ1v) is 5.64. The fourth-order valence-electron chi connectivity index (χ4n) is 1.41. The van der Waals surface area contributed by atoms with E-state index >= 15 is 0 Å². The van der Waals surface area contributed by atoms with E-state index < -0.39 is 0 Å². The largest absolute Gasteiger partial charge is 0.367 e. The minimum Gasteiger partial charge on any atom is -0.367 e. The lowest BCUT2D eigenvalue weighted by Gasteiger charge is -2.21. The van der Waals surface area contributed by atoms with Gasteiger partial charge in [0.25, 0.3) is 0 Å². The van der Waals surface area contributed by atoms with E-state index in [1.807, 2.05) is 0 Å². The van der Waals surface area contributed by atoms with E-state index in [1.165, 1.54) is 0 Å². The maximum Gasteiger partial charge on any atom is 0.199 e. The van der Waals surface area contributed by atoms with E-state index in [1.54, 1.807) is 16.9 Å². The molecule has 0 unspecified atom stereocenters. The third kappa shape index (κ3) is 2.68. The van der Waals surface area contributed by atoms with Gasteiger partial charge in [-0.1, -0.05) is 0 Å². The maximum absolute atomic E-state index is 4.08. The molecule has 0 aliphatic rings. The summed E-state index contributed by atoms with van der Waals surface area (Å²) in [7, 11) is 2.10. The Balaban J connectivity index is 1.97. The van der Waals surface area contributed by atoms with Crippen LogP contribution in [0.5, 0.6) is 0 Å². The topological polar surface area (TPSA) is 71.2 Å². The molecule has 0 aliphatic carbocycles. The van der Waals surface area contributed by atoms with Crippen LogP contribution >= 0.6 is 0 Å². The van der Waals surface area contributed by atoms with Crippen molar-refractivity contribution in [3.8, 4) is 0 Å². The predicted octanol–water partition coefficient (Wildman–Crippen LogP) is 0.271. The Morgan fingerprint density at radius 1 is 1.41 bits per heavy atom. The van der Waals surface area contributed by atoms with Crippen molar-refractivity contribution in [1.82, 2.24) is 29.9 Å². The number of aromatic nitrogens is 5. The molecule has 0 aromatic carbocycles. The van der Waals surface area contributed by atoms with Crippen molar-refractivity contribution in [2.24, 2.45) is 0 Å². The number of anilines is 1. The van der Waals surface area contributed by atoms with Gasteiger partial charge < -0.3 is 10.2 Å². The van der Waals surface area contributed by atoms with Crippen LogP contribution < -0.4 is 5.32 Å². The van der Waals surface area contributed by atoms with Crippen molar-refractivity contribution in [3.63, 3.8) is 0 Å². The van der Waals surface area contributed by atoms with Crippen LogP contribution in [0, 0.1) is 0 Å². The number of nitrogens with one attached hydrogen (secondary N) is 1. The normalized spacial score (nSPS) is 11.6. The molecule has 2 heterocycles. The lowest BCUT2D eigenvalue weighted by Crippen LogP contribution is -2.31. The Morgan fingerprint density at radius 3 is 3.00 bits per heavy atom. The molecule has 0 amide bonds. The Bertz CT molecular complexity index is 478. The minimum absolute atomic E-state index is 0.541. The molecule has 7 heteroatoms. The number of hydrogen-bond acceptors (Lipinski definition) is 6. The smallest absolute Gasteiger partial charge is 0.199 e. The van der Waals surface area contributed by atoms with Gasteiger partial charge >= 0.3 is 0 Å². The molecule has 0 saturated carbocycles. The monoisotopic (exact) mass is 235 g/mol. The first-order valence-electron chi connectivity index (χ1n) is 5.64. The van der Waals surface area contributed by atoms with Crippen LogP contribution in [0.4, 0.5) is 5.82 Å². The van der Waals surface area contributed by atoms with Crippen LogP contribution in [0.3, 0.4) is 0 Å². The van der Waals surface area contributed by atoms with Gasteiger partial charge in [-0.2, -0.15) is 4.52 Å². The van der Waals surface area contributed by atoms with E-state index in [0.29, 0.717) is 11.7 Å². The Hall–Kier alpha value is -1.76. The zero-order valence-electron chi connectivity index (χ0n) is 10.3. The molecule has 2 rings (SSSR count). The second-order valence-corrected chi connectivity index (χ2v) is 4.24. The second-order valence-electron chi connectivity index (χ2n) is 4.24. The number of hydrogen-bond donors (Lipinski definition) is 1. The van der Waals surface area contributed by atoms with Crippen molar-refractivity contribution < 1.29 is 0 Å². The first kappa shape index (κ1) is 11.7. The third-order valence-corrected chi connectivity index (χ3v) is 2.76. The summed E-state index contributed by atoms with van der Waals surface area (Å²) in [5.74, 6) is 0.810. The molecule has 1 N–H and O–H groups in total. The number of rotatable bonds is 5. The molecule has 0 aliphatic heterocycles. The third-order valence-electron chi connectivity index (χ3n) is 2.76. The number of fused-ring (bicyclic) bond motifs is 1. The van der Waals surface area contributed by atoms with Gasteiger partial charge in [0.15, 0.2) is 5.65 Å². The summed E-state index contributed by atoms with van der Waals surface area (Å²) in [5, 5.41) is 14.6. The van der Waals surface area contributed by atoms with Crippen molar-refractivity contribution >= 4 is 11.5 Å². The fourth-order valence-corrected chi connectivity index (χ4v) is 1.41. The van der Waals surface area contributed by atoms with Crippen LogP contribution in [-0.4, -0.2) is 56.1 Å². The second kappa shape index (κ2) is 5.05. The minimum atomic E-state index is 0.541. The average molecular weight is 235 g/mol. The number of tetrazole rings is 1. The molecule has 0 radical (unpaired) electrons. The fraction of sp³-hybridized carbons (Fsp3) is 0.600. The standard InChI is InChI=1S/C10H17N7/c1-8(2)16(3)5-4-12-9-6-11-7-10-13-14-15-17(9)10/h6-8,12H,4-5H2,1-3H3. The van der Waals surface area contributed by atoms with Crippen LogP contribution in [-0.2, 0) is 0 Å². The van der Waals surface area contributed by atoms with E-state index in [-0.39, 0.29) is 0 Å². The van der Waals surface area contributed by atoms with Gasteiger partial charge in [0.1, 0.15) is 5.82 Å². The van der Waals surface area contributed by atoms with Gasteiger partial charge in [-0.3, -0.25) is 4.98 Å². The molecular formula is C10H17N7. The number of nitrogens with zero attached hydrogens (tertiary/aromatic N) is 6. The summed E-state index contributed by atoms with van der Waals surface area (Å²) >= 11 is 0. The molecule has 92 valence electrons. The highest BCUT2D eigenvalue weighted by Gasteiger charge is 2.05. The summed E-state index contributed by atoms with van der Waals surface area (Å²) in [6.07, 6.45) is 3.35. The van der Waals surface area contributed by atoms with Gasteiger partial charge in [0.05, 0.1) is 12.4 Å². The Kier molecular flexibility index (Phi) is 3.48. The average Bonchev–Trinajstić information content (AvgIpc) is 2.77. The van der Waals surface area contributed by atoms with Crippen molar-refractivity contribution in [2.45, 2.75) is 19.9 Å². The lowest BCUT2D eigenvalue weighted by atomic mass is 10.3. The Morgan fingerprint density at radius 2 is 2.24 bits per heavy atom. The highest BCUT2D eigenvalue weighted by Crippen LogP contribution is 2.05. The van der Waals surface area contributed by atoms with Crippen LogP contribution in [0.15, 0.2) is 12.4 Å². The highest BCUT2D eigenvalue weighted by atomic mass is 15.5. The zero-order valence-corrected chi connectivity index (χ0v) is 10.3. The van der Waals surface area contributed by atoms with E-state index in [9.17, 15) is 0 Å². The molecule has 0 atom stereocenters. The van der Waals surface area contributed by atoms with Crippen molar-refractivity contribution in [1.29, 1.82) is 0 Å². The van der Waals surface area contributed by atoms with Gasteiger partial charge in [0.2, 0.25) is 0 Å². The summed E-state index contributed by atoms with van der Waals surface area (Å²) in [6.45, 7) is 6.12. The molecule has 7 nitrogen and oxygen atoms in total. The molecule has 2 aromatic rings. The van der Waals surface area contributed by atoms with Crippen molar-refractivity contribution in [2.75, 3.05) is 25.5 Å². The predicted molar refractivity (Wildman–Crippen MR) is 64.8 cm³/mol. The summed E-state index contributed by atoms with van der Waals surface area (Å²) in [6, 6.07) is 0.541. The molecule has 0 fully saturated rings. The van der Waals surface area contributed by atoms with Gasteiger partial charge in [-0.15, -0.1) is 5.10 Å². The summed E-state index contributed by atoms with van der Waals surface area (Å²) < 4.78 is 1.64. The maximum atomic E-state index is 4.08. The van der Waals surface area contributed by atoms with Crippen LogP contribution in [0.1, 0.15) is 13.8 Å². The van der Waals surface area contributed by atoms with Crippen LogP contribution in [0.25, 0.3) is 5.65 Å². The molecule has 0 bridgehead atoms. The highest BCUT2D eigenvalue weighted by molar-refractivity contribution is 5.43. The molecular weight excluding hydrogens is 218 g/mol. The Labute approximate surface area is 99.8 Å². The zero-order chi connectivity index (χ0) is 12.3. The van der Waals surface area contributed by atoms with Gasteiger partial charge in [0, 0.05) is 19.1 Å². The quantitative estimate of drug-likeness (QED) is 0.802. The molecule has 2 aromatic heterocycles. The van der Waals surface area contributed by atoms with Gasteiger partial charge in [-0.25, -0.2) is 0 Å². The first-order chi connectivity index (χ1) is 8.18. The summed E-state index contributed by atoms with van der Waals surface area (Å²) in [5.41, 5.74) is 0.646. The SMILES string of the molecule is CC(C)N(C)CCNc1cncc2nnnn12. The van der Waals surface area contributed by atoms with E-state index in [0.717, 1.165) is 18.9 Å². The molecule has 0 spiro atoms.